The van der Waals surface area contributed by atoms with Crippen molar-refractivity contribution in [3.8, 4) is 0 Å². The molecule has 8 rings (SSSR count). The van der Waals surface area contributed by atoms with Crippen LogP contribution in [0.5, 0.6) is 0 Å². The van der Waals surface area contributed by atoms with E-state index in [9.17, 15) is 0 Å². The number of nitrogens with zero attached hydrogens (tertiary/aromatic N) is 1. The van der Waals surface area contributed by atoms with Gasteiger partial charge in [-0.1, -0.05) is 97.1 Å². The van der Waals surface area contributed by atoms with Gasteiger partial charge in [-0.2, -0.15) is 6.08 Å². The monoisotopic (exact) mass is 751 g/mol. The van der Waals surface area contributed by atoms with Gasteiger partial charge in [0, 0.05) is 18.8 Å². The van der Waals surface area contributed by atoms with Crippen LogP contribution in [0.2, 0.25) is 0 Å². The van der Waals surface area contributed by atoms with Gasteiger partial charge in [-0.25, -0.2) is 12.2 Å². The molecule has 0 radical (unpaired) electrons. The molecule has 7 aromatic rings. The smallest absolute Gasteiger partial charge is 0.0427 e. The summed E-state index contributed by atoms with van der Waals surface area (Å²) in [6, 6.07) is 60.3. The van der Waals surface area contributed by atoms with Crippen LogP contribution in [0, 0.1) is 6.08 Å². The molecule has 1 nitrogen and oxygen atoms in total. The third-order valence-corrected chi connectivity index (χ3v) is 9.52. The van der Waals surface area contributed by atoms with Crippen LogP contribution in [-0.4, -0.2) is 3.21 Å². The van der Waals surface area contributed by atoms with E-state index in [1.54, 1.807) is 0 Å². The van der Waals surface area contributed by atoms with E-state index >= 15 is 0 Å². The summed E-state index contributed by atoms with van der Waals surface area (Å²) in [6.45, 7) is 1.78. The van der Waals surface area contributed by atoms with Crippen molar-refractivity contribution >= 4 is 30.4 Å². The van der Waals surface area contributed by atoms with Crippen LogP contribution in [0.3, 0.4) is 0 Å². The van der Waals surface area contributed by atoms with Crippen molar-refractivity contribution in [2.45, 2.75) is 19.5 Å². The van der Waals surface area contributed by atoms with Crippen molar-refractivity contribution in [3.63, 3.8) is 0 Å². The Balaban J connectivity index is 0.000000215. The first-order valence-corrected chi connectivity index (χ1v) is 17.3. The largest absolute Gasteiger partial charge is 0.369 e. The fraction of sp³-hybridized carbons (Fsp3) is 0.0667. The fourth-order valence-electron chi connectivity index (χ4n) is 5.71. The molecule has 242 valence electrons. The molecule has 0 fully saturated rings. The Labute approximate surface area is 318 Å². The normalized spacial score (nSPS) is 11.0. The van der Waals surface area contributed by atoms with Crippen LogP contribution < -0.4 is 29.7 Å². The second-order valence-electron chi connectivity index (χ2n) is 11.4. The summed E-state index contributed by atoms with van der Waals surface area (Å²) < 4.78 is 1.42. The van der Waals surface area contributed by atoms with Crippen molar-refractivity contribution in [2.75, 3.05) is 4.90 Å². The Morgan fingerprint density at radius 1 is 0.571 bits per heavy atom. The molecule has 0 saturated carbocycles. The molecule has 0 bridgehead atoms. The van der Waals surface area contributed by atoms with E-state index in [0.717, 1.165) is 19.5 Å². The third kappa shape index (κ3) is 10.6. The molecular weight excluding hydrogens is 717 g/mol. The van der Waals surface area contributed by atoms with E-state index in [1.807, 2.05) is 12.2 Å². The quantitative estimate of drug-likeness (QED) is 0.207. The first-order valence-electron chi connectivity index (χ1n) is 16.1. The number of fused-ring (bicyclic) bond motifs is 3. The van der Waals surface area contributed by atoms with Crippen molar-refractivity contribution < 1.29 is 49.0 Å². The summed E-state index contributed by atoms with van der Waals surface area (Å²) in [5.74, 6) is 0. The van der Waals surface area contributed by atoms with Gasteiger partial charge in [0.25, 0.3) is 0 Å². The van der Waals surface area contributed by atoms with Crippen molar-refractivity contribution in [3.05, 3.63) is 216 Å². The summed E-state index contributed by atoms with van der Waals surface area (Å²) in [5, 5.41) is 5.29. The summed E-state index contributed by atoms with van der Waals surface area (Å²) in [6.07, 6.45) is 10.0. The zero-order valence-electron chi connectivity index (χ0n) is 27.2. The van der Waals surface area contributed by atoms with Gasteiger partial charge in [-0.15, -0.1) is 40.1 Å². The van der Waals surface area contributed by atoms with Crippen LogP contribution in [0.15, 0.2) is 188 Å². The van der Waals surface area contributed by atoms with Crippen molar-refractivity contribution in [1.82, 2.24) is 0 Å². The van der Waals surface area contributed by atoms with Crippen LogP contribution in [0.4, 0.5) is 5.69 Å². The zero-order valence-corrected chi connectivity index (χ0v) is 31.2. The number of allylic oxidation sites excluding steroid dienone is 4. The molecular formula is C45H37Cl2NZr-2. The van der Waals surface area contributed by atoms with Gasteiger partial charge in [0.05, 0.1) is 0 Å². The molecule has 0 N–H and O–H groups in total. The molecule has 0 unspecified atom stereocenters. The second kappa shape index (κ2) is 19.7. The van der Waals surface area contributed by atoms with E-state index < -0.39 is 0 Å². The van der Waals surface area contributed by atoms with E-state index in [2.05, 4.69) is 187 Å². The van der Waals surface area contributed by atoms with Crippen LogP contribution in [0.25, 0.3) is 21.5 Å². The van der Waals surface area contributed by atoms with Gasteiger partial charge in [-0.3, -0.25) is 6.08 Å². The standard InChI is InChI=1S/C27H22N.C13H10.C5H5.2ClH.Zr/c1-3-9-21(10-4-1)19-28(20-22-11-5-2-6-12-22)25-15-16-27-24(18-25)17-23-13-7-8-14-26(23)27;1-3-7-12(8-4-1)11-13-9-5-2-6-10-13;1-2-4-5-3-1;;;/h1-18H,19-20H2;1-10H;1-3H,4H2;2*1H;/q-1;;-1;;;+2/p-2. The molecule has 0 heterocycles. The molecule has 0 aromatic heterocycles. The van der Waals surface area contributed by atoms with Gasteiger partial charge < -0.3 is 29.7 Å². The zero-order chi connectivity index (χ0) is 32.1. The molecule has 0 aliphatic heterocycles. The molecule has 7 aromatic carbocycles. The third-order valence-electron chi connectivity index (χ3n) is 8.11. The Bertz CT molecular complexity index is 1980. The Kier molecular flexibility index (Phi) is 15.1. The van der Waals surface area contributed by atoms with Gasteiger partial charge in [-0.05, 0) is 11.1 Å². The minimum absolute atomic E-state index is 0. The number of rotatable bonds is 7. The molecule has 49 heavy (non-hydrogen) atoms. The van der Waals surface area contributed by atoms with Crippen LogP contribution in [-0.2, 0) is 37.3 Å². The second-order valence-corrected chi connectivity index (χ2v) is 12.7. The average molecular weight is 754 g/mol. The first kappa shape index (κ1) is 37.6. The summed E-state index contributed by atoms with van der Waals surface area (Å²) in [7, 11) is 0. The number of benzene rings is 6. The van der Waals surface area contributed by atoms with Gasteiger partial charge in [0.1, 0.15) is 0 Å². The fourth-order valence-corrected chi connectivity index (χ4v) is 6.53. The Morgan fingerprint density at radius 2 is 1.06 bits per heavy atom. The maximum atomic E-state index is 2.99. The number of anilines is 1. The maximum absolute atomic E-state index is 2.99. The van der Waals surface area contributed by atoms with Crippen molar-refractivity contribution in [2.24, 2.45) is 0 Å². The minimum atomic E-state index is 0. The summed E-state index contributed by atoms with van der Waals surface area (Å²) in [5.41, 5.74) is 6.57. The number of halogens is 2. The Hall–Kier alpha value is -4.20. The SMILES string of the molecule is [C-]1=CC=CC1.[Cl-].[Cl-].[Zr+2]=[C](c1ccccc1)c1ccccc1.c1ccc(CN(Cc2ccccc2)c2ccc3c(c2)[cH-]c2ccccc23)cc1. The molecule has 1 aliphatic carbocycles. The molecule has 0 amide bonds. The predicted octanol–water partition coefficient (Wildman–Crippen LogP) is 5.03. The Morgan fingerprint density at radius 3 is 1.55 bits per heavy atom. The summed E-state index contributed by atoms with van der Waals surface area (Å²) >= 11 is 1.46. The molecule has 1 aliphatic rings. The first-order chi connectivity index (χ1) is 23.2. The van der Waals surface area contributed by atoms with E-state index in [4.69, 9.17) is 0 Å². The van der Waals surface area contributed by atoms with E-state index in [1.165, 1.54) is 76.9 Å². The predicted molar refractivity (Wildman–Crippen MR) is 197 cm³/mol. The average Bonchev–Trinajstić information content (AvgIpc) is 3.85. The van der Waals surface area contributed by atoms with Crippen molar-refractivity contribution in [1.29, 1.82) is 0 Å². The van der Waals surface area contributed by atoms with Gasteiger partial charge in [0.2, 0.25) is 0 Å². The van der Waals surface area contributed by atoms with E-state index in [-0.39, 0.29) is 24.8 Å². The van der Waals surface area contributed by atoms with Crippen LogP contribution in [0.1, 0.15) is 28.7 Å². The number of hydrogen-bond acceptors (Lipinski definition) is 1. The van der Waals surface area contributed by atoms with Gasteiger partial charge >= 0.3 is 99.2 Å². The summed E-state index contributed by atoms with van der Waals surface area (Å²) in [4.78, 5) is 2.46. The maximum Gasteiger partial charge on any atom is 0.0427 e. The van der Waals surface area contributed by atoms with E-state index in [0.29, 0.717) is 0 Å². The molecule has 0 atom stereocenters. The number of hydrogen-bond donors (Lipinski definition) is 0. The molecule has 0 spiro atoms. The van der Waals surface area contributed by atoms with Crippen LogP contribution >= 0.6 is 0 Å². The minimum Gasteiger partial charge on any atom is -0.369 e. The molecule has 0 saturated heterocycles. The van der Waals surface area contributed by atoms with Gasteiger partial charge in [0.15, 0.2) is 0 Å². The molecule has 4 heteroatoms. The topological polar surface area (TPSA) is 3.24 Å².